The summed E-state index contributed by atoms with van der Waals surface area (Å²) in [6, 6.07) is 12.3. The number of nitrogens with zero attached hydrogens (tertiary/aromatic N) is 1. The molecule has 1 amide bonds. The third kappa shape index (κ3) is 8.13. The molecule has 3 N–H and O–H groups in total. The Bertz CT molecular complexity index is 959. The molecule has 1 aromatic carbocycles. The SMILES string of the molecule is CCCCCCc1ccc(N2C(=O)CC[C@@H]2CCCc2ccc(C(=O)OC[C@H](O)[C@@H](O)CO)s2)cc1. The maximum Gasteiger partial charge on any atom is 0.348 e. The Morgan fingerprint density at radius 2 is 1.83 bits per heavy atom. The lowest BCUT2D eigenvalue weighted by molar-refractivity contribution is -0.117. The Morgan fingerprint density at radius 3 is 2.56 bits per heavy atom. The van der Waals surface area contributed by atoms with E-state index in [1.807, 2.05) is 11.0 Å². The fourth-order valence-corrected chi connectivity index (χ4v) is 5.49. The highest BCUT2D eigenvalue weighted by Gasteiger charge is 2.31. The third-order valence-corrected chi connectivity index (χ3v) is 7.82. The van der Waals surface area contributed by atoms with E-state index in [1.54, 1.807) is 6.07 Å². The number of amides is 1. The Hall–Kier alpha value is -2.26. The molecule has 0 saturated carbocycles. The van der Waals surface area contributed by atoms with E-state index in [9.17, 15) is 19.8 Å². The lowest BCUT2D eigenvalue weighted by Crippen LogP contribution is -2.34. The van der Waals surface area contributed by atoms with Gasteiger partial charge in [0.2, 0.25) is 5.91 Å². The number of carbonyl (C=O) groups is 2. The van der Waals surface area contributed by atoms with Crippen LogP contribution in [0.3, 0.4) is 0 Å². The first-order chi connectivity index (χ1) is 17.4. The number of thiophene rings is 1. The normalized spacial score (nSPS) is 17.4. The highest BCUT2D eigenvalue weighted by atomic mass is 32.1. The Morgan fingerprint density at radius 1 is 1.06 bits per heavy atom. The quantitative estimate of drug-likeness (QED) is 0.241. The number of ether oxygens (including phenoxy) is 1. The third-order valence-electron chi connectivity index (χ3n) is 6.70. The van der Waals surface area contributed by atoms with Gasteiger partial charge < -0.3 is 25.0 Å². The molecule has 7 nitrogen and oxygen atoms in total. The second-order valence-electron chi connectivity index (χ2n) is 9.51. The number of aryl methyl sites for hydroxylation is 2. The molecule has 3 atom stereocenters. The summed E-state index contributed by atoms with van der Waals surface area (Å²) in [5, 5.41) is 27.8. The van der Waals surface area contributed by atoms with Gasteiger partial charge in [-0.25, -0.2) is 4.79 Å². The largest absolute Gasteiger partial charge is 0.459 e. The van der Waals surface area contributed by atoms with Crippen molar-refractivity contribution in [2.24, 2.45) is 0 Å². The van der Waals surface area contributed by atoms with Crippen LogP contribution in [0.25, 0.3) is 0 Å². The average molecular weight is 518 g/mol. The van der Waals surface area contributed by atoms with E-state index >= 15 is 0 Å². The molecule has 0 bridgehead atoms. The number of unbranched alkanes of at least 4 members (excludes halogenated alkanes) is 3. The zero-order valence-electron chi connectivity index (χ0n) is 21.1. The van der Waals surface area contributed by atoms with Crippen molar-refractivity contribution in [3.05, 3.63) is 51.7 Å². The summed E-state index contributed by atoms with van der Waals surface area (Å²) in [5.74, 6) is -0.373. The van der Waals surface area contributed by atoms with E-state index in [2.05, 4.69) is 31.2 Å². The van der Waals surface area contributed by atoms with Gasteiger partial charge in [-0.1, -0.05) is 38.3 Å². The maximum absolute atomic E-state index is 12.6. The molecule has 1 aliphatic heterocycles. The molecule has 1 aromatic heterocycles. The van der Waals surface area contributed by atoms with Crippen molar-refractivity contribution in [1.82, 2.24) is 0 Å². The first-order valence-electron chi connectivity index (χ1n) is 13.1. The van der Waals surface area contributed by atoms with Gasteiger partial charge in [-0.3, -0.25) is 4.79 Å². The highest BCUT2D eigenvalue weighted by Crippen LogP contribution is 2.30. The summed E-state index contributed by atoms with van der Waals surface area (Å²) >= 11 is 1.35. The van der Waals surface area contributed by atoms with Crippen LogP contribution in [0.4, 0.5) is 5.69 Å². The number of benzene rings is 1. The lowest BCUT2D eigenvalue weighted by atomic mass is 10.0. The van der Waals surface area contributed by atoms with Crippen LogP contribution in [-0.2, 0) is 22.4 Å². The summed E-state index contributed by atoms with van der Waals surface area (Å²) in [6.45, 7) is 1.24. The standard InChI is InChI=1S/C28H39NO6S/c1-2-3-4-5-7-20-10-12-22(13-11-20)29-21(14-17-27(29)33)8-6-9-23-15-16-26(36-23)28(34)35-19-25(32)24(31)18-30/h10-13,15-16,21,24-25,30-32H,2-9,14,17-19H2,1H3/t21-,24-,25-/m0/s1. The van der Waals surface area contributed by atoms with E-state index in [0.717, 1.165) is 42.7 Å². The van der Waals surface area contributed by atoms with Crippen molar-refractivity contribution in [3.8, 4) is 0 Å². The predicted octanol–water partition coefficient (Wildman–Crippen LogP) is 4.26. The molecule has 36 heavy (non-hydrogen) atoms. The van der Waals surface area contributed by atoms with Crippen LogP contribution in [0.5, 0.6) is 0 Å². The summed E-state index contributed by atoms with van der Waals surface area (Å²) in [6.07, 6.45) is 7.44. The molecule has 2 heterocycles. The molecule has 1 fully saturated rings. The number of rotatable bonds is 15. The van der Waals surface area contributed by atoms with Gasteiger partial charge in [-0.15, -0.1) is 11.3 Å². The molecule has 8 heteroatoms. The average Bonchev–Trinajstić information content (AvgIpc) is 3.51. The number of carbonyl (C=O) groups excluding carboxylic acids is 2. The van der Waals surface area contributed by atoms with E-state index in [1.165, 1.54) is 42.6 Å². The van der Waals surface area contributed by atoms with Crippen LogP contribution < -0.4 is 4.90 Å². The van der Waals surface area contributed by atoms with Crippen molar-refractivity contribution in [1.29, 1.82) is 0 Å². The minimum atomic E-state index is -1.34. The van der Waals surface area contributed by atoms with Crippen LogP contribution in [0, 0.1) is 0 Å². The van der Waals surface area contributed by atoms with Crippen LogP contribution >= 0.6 is 11.3 Å². The minimum Gasteiger partial charge on any atom is -0.459 e. The molecule has 0 radical (unpaired) electrons. The minimum absolute atomic E-state index is 0.186. The van der Waals surface area contributed by atoms with E-state index in [-0.39, 0.29) is 18.6 Å². The van der Waals surface area contributed by atoms with E-state index in [4.69, 9.17) is 9.84 Å². The second kappa shape index (κ2) is 14.5. The van der Waals surface area contributed by atoms with Gasteiger partial charge in [-0.2, -0.15) is 0 Å². The van der Waals surface area contributed by atoms with Gasteiger partial charge >= 0.3 is 5.97 Å². The van der Waals surface area contributed by atoms with Gasteiger partial charge in [0.15, 0.2) is 0 Å². The van der Waals surface area contributed by atoms with Crippen molar-refractivity contribution in [2.45, 2.75) is 89.4 Å². The maximum atomic E-state index is 12.6. The van der Waals surface area contributed by atoms with E-state index in [0.29, 0.717) is 11.3 Å². The molecule has 0 spiro atoms. The van der Waals surface area contributed by atoms with Crippen LogP contribution in [0.2, 0.25) is 0 Å². The molecule has 1 saturated heterocycles. The van der Waals surface area contributed by atoms with Gasteiger partial charge in [0, 0.05) is 23.0 Å². The van der Waals surface area contributed by atoms with Gasteiger partial charge in [0.1, 0.15) is 23.7 Å². The molecule has 0 unspecified atom stereocenters. The van der Waals surface area contributed by atoms with Gasteiger partial charge in [0.25, 0.3) is 0 Å². The first kappa shape index (κ1) is 28.3. The second-order valence-corrected chi connectivity index (χ2v) is 10.7. The number of anilines is 1. The van der Waals surface area contributed by atoms with Crippen molar-refractivity contribution in [3.63, 3.8) is 0 Å². The fourth-order valence-electron chi connectivity index (χ4n) is 4.55. The van der Waals surface area contributed by atoms with Crippen molar-refractivity contribution < 1.29 is 29.6 Å². The summed E-state index contributed by atoms with van der Waals surface area (Å²) < 4.78 is 5.03. The van der Waals surface area contributed by atoms with Crippen LogP contribution in [0.15, 0.2) is 36.4 Å². The molecular formula is C28H39NO6S. The molecule has 1 aliphatic rings. The number of esters is 1. The lowest BCUT2D eigenvalue weighted by Gasteiger charge is -2.25. The van der Waals surface area contributed by atoms with Crippen molar-refractivity contribution in [2.75, 3.05) is 18.1 Å². The topological polar surface area (TPSA) is 107 Å². The van der Waals surface area contributed by atoms with Gasteiger partial charge in [-0.05, 0) is 68.4 Å². The van der Waals surface area contributed by atoms with Crippen molar-refractivity contribution >= 4 is 28.9 Å². The Kier molecular flexibility index (Phi) is 11.4. The number of aliphatic hydroxyl groups excluding tert-OH is 3. The molecule has 0 aliphatic carbocycles. The first-order valence-corrected chi connectivity index (χ1v) is 13.9. The monoisotopic (exact) mass is 517 g/mol. The molecule has 3 rings (SSSR count). The summed E-state index contributed by atoms with van der Waals surface area (Å²) in [4.78, 5) is 28.3. The number of hydrogen-bond donors (Lipinski definition) is 3. The number of aliphatic hydroxyl groups is 3. The van der Waals surface area contributed by atoms with Crippen LogP contribution in [-0.4, -0.2) is 58.7 Å². The van der Waals surface area contributed by atoms with Gasteiger partial charge in [0.05, 0.1) is 6.61 Å². The smallest absolute Gasteiger partial charge is 0.348 e. The molecular weight excluding hydrogens is 478 g/mol. The highest BCUT2D eigenvalue weighted by molar-refractivity contribution is 7.13. The van der Waals surface area contributed by atoms with E-state index < -0.39 is 24.8 Å². The zero-order valence-corrected chi connectivity index (χ0v) is 21.9. The molecule has 2 aromatic rings. The fraction of sp³-hybridized carbons (Fsp3) is 0.571. The Labute approximate surface area is 217 Å². The summed E-state index contributed by atoms with van der Waals surface area (Å²) in [5.41, 5.74) is 2.30. The zero-order chi connectivity index (χ0) is 25.9. The summed E-state index contributed by atoms with van der Waals surface area (Å²) in [7, 11) is 0. The Balaban J connectivity index is 1.46. The number of hydrogen-bond acceptors (Lipinski definition) is 7. The predicted molar refractivity (Wildman–Crippen MR) is 141 cm³/mol. The molecule has 198 valence electrons. The van der Waals surface area contributed by atoms with Crippen LogP contribution in [0.1, 0.15) is 78.4 Å².